The second-order valence-electron chi connectivity index (χ2n) is 8.76. The van der Waals surface area contributed by atoms with E-state index in [2.05, 4.69) is 15.0 Å². The number of phenolic OH excluding ortho intramolecular Hbond substituents is 1. The van der Waals surface area contributed by atoms with Gasteiger partial charge in [0.05, 0.1) is 24.5 Å². The van der Waals surface area contributed by atoms with E-state index in [0.717, 1.165) is 28.3 Å². The maximum atomic E-state index is 14.0. The van der Waals surface area contributed by atoms with Crippen molar-refractivity contribution in [2.24, 2.45) is 0 Å². The van der Waals surface area contributed by atoms with Crippen molar-refractivity contribution in [3.63, 3.8) is 0 Å². The van der Waals surface area contributed by atoms with Crippen LogP contribution in [-0.2, 0) is 19.5 Å². The fraction of sp³-hybridized carbons (Fsp3) is 0.185. The number of nitrogens with two attached hydrogens (primary N) is 1. The van der Waals surface area contributed by atoms with E-state index in [9.17, 15) is 9.50 Å². The second-order valence-corrected chi connectivity index (χ2v) is 9.60. The number of rotatable bonds is 8. The standard InChI is InChI=1S/C27H27FN6O2S.H2S/c1-3-16-12-25(35)21(28)13-20(16)17-9-10-19(22(29)11-17)26(30)27-31-23-14-34(15-24(23)32-27)33(2)37-36-18-7-5-4-6-8-18;/h4-13,30,35H,3,14-15,29H2,1-2H3,(H,31,32);1H2. The Balaban J connectivity index is 0.00000336. The summed E-state index contributed by atoms with van der Waals surface area (Å²) in [5, 5.41) is 20.5. The van der Waals surface area contributed by atoms with Gasteiger partial charge in [0.25, 0.3) is 0 Å². The topological polar surface area (TPSA) is 114 Å². The average molecular weight is 553 g/mol. The highest BCUT2D eigenvalue weighted by atomic mass is 32.2. The zero-order valence-corrected chi connectivity index (χ0v) is 22.8. The number of aromatic hydroxyl groups is 1. The number of nitrogen functional groups attached to an aromatic ring is 1. The molecule has 5 rings (SSSR count). The number of aromatic nitrogens is 2. The molecule has 38 heavy (non-hydrogen) atoms. The number of benzene rings is 3. The fourth-order valence-corrected chi connectivity index (χ4v) is 4.82. The number of anilines is 1. The summed E-state index contributed by atoms with van der Waals surface area (Å²) in [6.45, 7) is 3.13. The zero-order valence-electron chi connectivity index (χ0n) is 21.0. The van der Waals surface area contributed by atoms with Crippen LogP contribution < -0.4 is 9.92 Å². The first kappa shape index (κ1) is 27.5. The molecule has 5 N–H and O–H groups in total. The maximum Gasteiger partial charge on any atom is 0.165 e. The summed E-state index contributed by atoms with van der Waals surface area (Å²) < 4.78 is 21.7. The van der Waals surface area contributed by atoms with Crippen LogP contribution in [0.3, 0.4) is 0 Å². The normalized spacial score (nSPS) is 12.8. The highest BCUT2D eigenvalue weighted by Crippen LogP contribution is 2.33. The van der Waals surface area contributed by atoms with E-state index in [0.29, 0.717) is 42.1 Å². The molecule has 0 amide bonds. The van der Waals surface area contributed by atoms with Gasteiger partial charge in [-0.3, -0.25) is 5.41 Å². The van der Waals surface area contributed by atoms with Crippen LogP contribution in [0.2, 0.25) is 0 Å². The highest BCUT2D eigenvalue weighted by Gasteiger charge is 2.28. The number of phenols is 1. The summed E-state index contributed by atoms with van der Waals surface area (Å²) in [6.07, 6.45) is 0.627. The molecule has 0 spiro atoms. The van der Waals surface area contributed by atoms with E-state index in [4.69, 9.17) is 15.3 Å². The number of aromatic amines is 1. The molecule has 0 bridgehead atoms. The summed E-state index contributed by atoms with van der Waals surface area (Å²) in [5.74, 6) is 0.170. The number of hydrogen-bond donors (Lipinski definition) is 4. The minimum absolute atomic E-state index is 0. The van der Waals surface area contributed by atoms with E-state index in [1.165, 1.54) is 24.4 Å². The number of hydrazine groups is 1. The van der Waals surface area contributed by atoms with Crippen LogP contribution in [0.1, 0.15) is 35.3 Å². The fourth-order valence-electron chi connectivity index (χ4n) is 4.31. The molecule has 1 aromatic heterocycles. The molecule has 0 saturated carbocycles. The lowest BCUT2D eigenvalue weighted by atomic mass is 9.95. The molecule has 0 fully saturated rings. The van der Waals surface area contributed by atoms with Crippen LogP contribution >= 0.6 is 25.7 Å². The van der Waals surface area contributed by atoms with E-state index in [1.807, 2.05) is 54.8 Å². The first-order valence-corrected chi connectivity index (χ1v) is 12.5. The Bertz CT molecular complexity index is 1440. The number of hydrogen-bond acceptors (Lipinski definition) is 8. The molecule has 198 valence electrons. The smallest absolute Gasteiger partial charge is 0.165 e. The molecule has 3 aromatic carbocycles. The van der Waals surface area contributed by atoms with Crippen LogP contribution in [-0.4, -0.2) is 37.3 Å². The summed E-state index contributed by atoms with van der Waals surface area (Å²) in [7, 11) is 1.93. The Labute approximate surface area is 231 Å². The minimum Gasteiger partial charge on any atom is -0.505 e. The molecular formula is C27H29FN6O2S2. The number of aryl methyl sites for hydroxylation is 1. The number of fused-ring (bicyclic) bond motifs is 1. The van der Waals surface area contributed by atoms with E-state index in [-0.39, 0.29) is 25.0 Å². The number of imidazole rings is 1. The average Bonchev–Trinajstić information content (AvgIpc) is 3.49. The van der Waals surface area contributed by atoms with Crippen molar-refractivity contribution in [3.8, 4) is 22.6 Å². The predicted octanol–water partition coefficient (Wildman–Crippen LogP) is 5.40. The van der Waals surface area contributed by atoms with Crippen LogP contribution in [0.15, 0.2) is 60.7 Å². The molecule has 2 heterocycles. The zero-order chi connectivity index (χ0) is 26.1. The Hall–Kier alpha value is -3.51. The lowest BCUT2D eigenvalue weighted by molar-refractivity contribution is 0.0863. The third-order valence-electron chi connectivity index (χ3n) is 6.34. The number of nitrogens with one attached hydrogen (secondary N) is 2. The van der Waals surface area contributed by atoms with Gasteiger partial charge in [-0.1, -0.05) is 37.3 Å². The molecule has 0 unspecified atom stereocenters. The van der Waals surface area contributed by atoms with Gasteiger partial charge in [-0.2, -0.15) is 17.9 Å². The third kappa shape index (κ3) is 5.51. The van der Waals surface area contributed by atoms with Crippen LogP contribution in [0, 0.1) is 11.2 Å². The van der Waals surface area contributed by atoms with E-state index < -0.39 is 5.82 Å². The van der Waals surface area contributed by atoms with Crippen LogP contribution in [0.25, 0.3) is 11.1 Å². The molecule has 0 atom stereocenters. The monoisotopic (exact) mass is 552 g/mol. The van der Waals surface area contributed by atoms with Crippen LogP contribution in [0.5, 0.6) is 11.5 Å². The number of nitrogens with zero attached hydrogens (tertiary/aromatic N) is 3. The molecule has 0 saturated heterocycles. The Morgan fingerprint density at radius 1 is 1.21 bits per heavy atom. The van der Waals surface area contributed by atoms with Crippen molar-refractivity contribution < 1.29 is 13.7 Å². The Morgan fingerprint density at radius 3 is 2.66 bits per heavy atom. The molecule has 4 aromatic rings. The number of para-hydroxylation sites is 1. The van der Waals surface area contributed by atoms with Gasteiger partial charge in [0.15, 0.2) is 29.6 Å². The van der Waals surface area contributed by atoms with Crippen LogP contribution in [0.4, 0.5) is 10.1 Å². The van der Waals surface area contributed by atoms with Crippen molar-refractivity contribution in [1.82, 2.24) is 19.4 Å². The van der Waals surface area contributed by atoms with E-state index >= 15 is 0 Å². The lowest BCUT2D eigenvalue weighted by Gasteiger charge is -2.24. The van der Waals surface area contributed by atoms with Crippen molar-refractivity contribution >= 4 is 37.1 Å². The van der Waals surface area contributed by atoms with Gasteiger partial charge >= 0.3 is 0 Å². The van der Waals surface area contributed by atoms with Crippen molar-refractivity contribution in [2.45, 2.75) is 26.4 Å². The quantitative estimate of drug-likeness (QED) is 0.100. The largest absolute Gasteiger partial charge is 0.505 e. The van der Waals surface area contributed by atoms with Crippen molar-refractivity contribution in [2.75, 3.05) is 12.8 Å². The Kier molecular flexibility index (Phi) is 8.32. The summed E-state index contributed by atoms with van der Waals surface area (Å²) in [5.41, 5.74) is 11.5. The maximum absolute atomic E-state index is 14.0. The van der Waals surface area contributed by atoms with Crippen molar-refractivity contribution in [1.29, 1.82) is 5.41 Å². The molecule has 1 aliphatic rings. The van der Waals surface area contributed by atoms with Gasteiger partial charge in [-0.05, 0) is 53.4 Å². The summed E-state index contributed by atoms with van der Waals surface area (Å²) in [6, 6.07) is 17.6. The summed E-state index contributed by atoms with van der Waals surface area (Å²) in [4.78, 5) is 7.93. The molecule has 0 radical (unpaired) electrons. The number of H-pyrrole nitrogens is 1. The molecular weight excluding hydrogens is 523 g/mol. The second kappa shape index (κ2) is 11.5. The van der Waals surface area contributed by atoms with Gasteiger partial charge in [0.1, 0.15) is 11.5 Å². The van der Waals surface area contributed by atoms with Gasteiger partial charge in [-0.25, -0.2) is 14.4 Å². The minimum atomic E-state index is -0.683. The summed E-state index contributed by atoms with van der Waals surface area (Å²) >= 11 is 1.24. The first-order valence-electron chi connectivity index (χ1n) is 11.8. The van der Waals surface area contributed by atoms with Crippen molar-refractivity contribution in [3.05, 3.63) is 94.8 Å². The van der Waals surface area contributed by atoms with E-state index in [1.54, 1.807) is 12.1 Å². The highest BCUT2D eigenvalue weighted by molar-refractivity contribution is 7.92. The third-order valence-corrected chi connectivity index (χ3v) is 7.06. The molecule has 11 heteroatoms. The molecule has 8 nitrogen and oxygen atoms in total. The Morgan fingerprint density at radius 2 is 1.97 bits per heavy atom. The van der Waals surface area contributed by atoms with Gasteiger partial charge < -0.3 is 20.0 Å². The number of halogens is 1. The van der Waals surface area contributed by atoms with Gasteiger partial charge in [0, 0.05) is 18.3 Å². The predicted molar refractivity (Wildman–Crippen MR) is 154 cm³/mol. The van der Waals surface area contributed by atoms with Gasteiger partial charge in [0.2, 0.25) is 0 Å². The SMILES string of the molecule is CCc1cc(O)c(F)cc1-c1ccc(C(=N)c2nc3c([nH]2)CN(N(C)SOc2ccccc2)C3)c(N)c1.S. The van der Waals surface area contributed by atoms with Gasteiger partial charge in [-0.15, -0.1) is 0 Å². The molecule has 1 aliphatic heterocycles. The molecule has 0 aliphatic carbocycles. The first-order chi connectivity index (χ1) is 17.8. The lowest BCUT2D eigenvalue weighted by Crippen LogP contribution is -2.31.